The highest BCUT2D eigenvalue weighted by molar-refractivity contribution is 5.85. The molecule has 50 valence electrons. The highest BCUT2D eigenvalue weighted by Gasteiger charge is 2.39. The molecule has 1 fully saturated rings. The zero-order valence-corrected chi connectivity index (χ0v) is 5.79. The molecule has 0 radical (unpaired) electrons. The van der Waals surface area contributed by atoms with E-state index in [4.69, 9.17) is 5.11 Å². The van der Waals surface area contributed by atoms with E-state index in [0.29, 0.717) is 6.61 Å². The lowest BCUT2D eigenvalue weighted by molar-refractivity contribution is 0.237. The number of nitrogens with one attached hydrogen (secondary N) is 1. The number of halogens is 1. The summed E-state index contributed by atoms with van der Waals surface area (Å²) in [5.74, 6) is 0. The van der Waals surface area contributed by atoms with E-state index in [0.717, 1.165) is 12.8 Å². The highest BCUT2D eigenvalue weighted by atomic mass is 35.5. The van der Waals surface area contributed by atoms with Crippen LogP contribution >= 0.6 is 12.4 Å². The normalized spacial score (nSPS) is 21.8. The molecule has 0 saturated heterocycles. The van der Waals surface area contributed by atoms with Gasteiger partial charge in [-0.25, -0.2) is 0 Å². The van der Waals surface area contributed by atoms with Gasteiger partial charge >= 0.3 is 0 Å². The van der Waals surface area contributed by atoms with Crippen LogP contribution in [0.5, 0.6) is 0 Å². The molecule has 0 amide bonds. The number of aliphatic hydroxyl groups is 1. The van der Waals surface area contributed by atoms with Crippen LogP contribution < -0.4 is 5.32 Å². The van der Waals surface area contributed by atoms with Gasteiger partial charge in [0, 0.05) is 5.54 Å². The van der Waals surface area contributed by atoms with Crippen molar-refractivity contribution in [3.63, 3.8) is 0 Å². The predicted molar refractivity (Wildman–Crippen MR) is 35.4 cm³/mol. The molecule has 0 aromatic heterocycles. The smallest absolute Gasteiger partial charge is 0.0613 e. The van der Waals surface area contributed by atoms with Crippen LogP contribution in [0.4, 0.5) is 0 Å². The van der Waals surface area contributed by atoms with Gasteiger partial charge in [-0.3, -0.25) is 0 Å². The minimum atomic E-state index is 0. The van der Waals surface area contributed by atoms with E-state index in [2.05, 4.69) is 5.32 Å². The van der Waals surface area contributed by atoms with Gasteiger partial charge in [0.05, 0.1) is 6.61 Å². The third-order valence-corrected chi connectivity index (χ3v) is 1.69. The lowest BCUT2D eigenvalue weighted by Crippen LogP contribution is -2.30. The van der Waals surface area contributed by atoms with Crippen molar-refractivity contribution in [1.82, 2.24) is 5.32 Å². The van der Waals surface area contributed by atoms with E-state index in [1.807, 2.05) is 7.05 Å². The molecular formula is C5H12ClNO. The number of likely N-dealkylation sites (N-methyl/N-ethyl adjacent to an activating group) is 1. The summed E-state index contributed by atoms with van der Waals surface area (Å²) in [6.45, 7) is 0.295. The summed E-state index contributed by atoms with van der Waals surface area (Å²) < 4.78 is 0. The highest BCUT2D eigenvalue weighted by Crippen LogP contribution is 2.33. The fraction of sp³-hybridized carbons (Fsp3) is 1.00. The Kier molecular flexibility index (Phi) is 2.74. The topological polar surface area (TPSA) is 32.3 Å². The van der Waals surface area contributed by atoms with Gasteiger partial charge in [0.15, 0.2) is 0 Å². The Bertz CT molecular complexity index is 66.8. The molecule has 2 N–H and O–H groups in total. The molecule has 0 bridgehead atoms. The molecule has 1 saturated carbocycles. The summed E-state index contributed by atoms with van der Waals surface area (Å²) in [5.41, 5.74) is 0.139. The summed E-state index contributed by atoms with van der Waals surface area (Å²) in [5, 5.41) is 11.6. The molecule has 0 atom stereocenters. The molecule has 8 heavy (non-hydrogen) atoms. The van der Waals surface area contributed by atoms with Crippen molar-refractivity contribution in [2.24, 2.45) is 0 Å². The van der Waals surface area contributed by atoms with Crippen LogP contribution in [-0.2, 0) is 0 Å². The van der Waals surface area contributed by atoms with Gasteiger partial charge in [-0.05, 0) is 19.9 Å². The third kappa shape index (κ3) is 1.34. The molecule has 0 spiro atoms. The van der Waals surface area contributed by atoms with E-state index in [1.165, 1.54) is 0 Å². The Labute approximate surface area is 55.7 Å². The van der Waals surface area contributed by atoms with Crippen molar-refractivity contribution in [2.45, 2.75) is 18.4 Å². The molecule has 0 unspecified atom stereocenters. The van der Waals surface area contributed by atoms with Crippen molar-refractivity contribution >= 4 is 12.4 Å². The summed E-state index contributed by atoms with van der Waals surface area (Å²) >= 11 is 0. The monoisotopic (exact) mass is 137 g/mol. The summed E-state index contributed by atoms with van der Waals surface area (Å²) in [6, 6.07) is 0. The molecule has 0 aromatic rings. The zero-order chi connectivity index (χ0) is 5.33. The molecule has 1 aliphatic carbocycles. The van der Waals surface area contributed by atoms with Crippen LogP contribution in [0.2, 0.25) is 0 Å². The number of rotatable bonds is 2. The van der Waals surface area contributed by atoms with E-state index in [1.54, 1.807) is 0 Å². The minimum absolute atomic E-state index is 0. The molecular weight excluding hydrogens is 126 g/mol. The summed E-state index contributed by atoms with van der Waals surface area (Å²) in [4.78, 5) is 0. The molecule has 2 nitrogen and oxygen atoms in total. The van der Waals surface area contributed by atoms with E-state index >= 15 is 0 Å². The van der Waals surface area contributed by atoms with Gasteiger partial charge in [-0.1, -0.05) is 0 Å². The number of hydrogen-bond donors (Lipinski definition) is 2. The maximum absolute atomic E-state index is 8.59. The van der Waals surface area contributed by atoms with Crippen LogP contribution in [0.3, 0.4) is 0 Å². The van der Waals surface area contributed by atoms with Crippen LogP contribution in [-0.4, -0.2) is 24.3 Å². The van der Waals surface area contributed by atoms with Gasteiger partial charge in [0.2, 0.25) is 0 Å². The first-order chi connectivity index (χ1) is 3.33. The zero-order valence-electron chi connectivity index (χ0n) is 4.98. The SMILES string of the molecule is CNC1(CO)CC1.Cl. The maximum Gasteiger partial charge on any atom is 0.0613 e. The van der Waals surface area contributed by atoms with Gasteiger partial charge in [-0.15, -0.1) is 12.4 Å². The Morgan fingerprint density at radius 1 is 1.62 bits per heavy atom. The predicted octanol–water partition coefficient (Wildman–Crippen LogP) is 0.152. The second kappa shape index (κ2) is 2.67. The van der Waals surface area contributed by atoms with Gasteiger partial charge in [-0.2, -0.15) is 0 Å². The molecule has 0 aliphatic heterocycles. The maximum atomic E-state index is 8.59. The molecule has 1 rings (SSSR count). The largest absolute Gasteiger partial charge is 0.394 e. The average Bonchev–Trinajstić information content (AvgIpc) is 2.46. The van der Waals surface area contributed by atoms with Crippen molar-refractivity contribution in [3.8, 4) is 0 Å². The Balaban J connectivity index is 0.000000490. The lowest BCUT2D eigenvalue weighted by atomic mass is 10.3. The van der Waals surface area contributed by atoms with E-state index in [-0.39, 0.29) is 17.9 Å². The first kappa shape index (κ1) is 8.21. The molecule has 0 heterocycles. The van der Waals surface area contributed by atoms with Crippen molar-refractivity contribution < 1.29 is 5.11 Å². The first-order valence-corrected chi connectivity index (χ1v) is 2.63. The number of aliphatic hydroxyl groups excluding tert-OH is 1. The van der Waals surface area contributed by atoms with E-state index < -0.39 is 0 Å². The Hall–Kier alpha value is 0.210. The average molecular weight is 138 g/mol. The third-order valence-electron chi connectivity index (χ3n) is 1.69. The lowest BCUT2D eigenvalue weighted by Gasteiger charge is -2.06. The molecule has 1 aliphatic rings. The quantitative estimate of drug-likeness (QED) is 0.568. The van der Waals surface area contributed by atoms with Gasteiger partial charge in [0.25, 0.3) is 0 Å². The van der Waals surface area contributed by atoms with Crippen molar-refractivity contribution in [1.29, 1.82) is 0 Å². The second-order valence-electron chi connectivity index (χ2n) is 2.19. The Morgan fingerprint density at radius 2 is 2.12 bits per heavy atom. The number of hydrogen-bond acceptors (Lipinski definition) is 2. The van der Waals surface area contributed by atoms with E-state index in [9.17, 15) is 0 Å². The van der Waals surface area contributed by atoms with Crippen LogP contribution in [0.15, 0.2) is 0 Å². The van der Waals surface area contributed by atoms with Crippen molar-refractivity contribution in [3.05, 3.63) is 0 Å². The van der Waals surface area contributed by atoms with Crippen LogP contribution in [0.1, 0.15) is 12.8 Å². The van der Waals surface area contributed by atoms with Crippen LogP contribution in [0, 0.1) is 0 Å². The fourth-order valence-electron chi connectivity index (χ4n) is 0.638. The molecule has 3 heteroatoms. The standard InChI is InChI=1S/C5H11NO.ClH/c1-6-5(4-7)2-3-5;/h6-7H,2-4H2,1H3;1H. The minimum Gasteiger partial charge on any atom is -0.394 e. The van der Waals surface area contributed by atoms with Gasteiger partial charge in [0.1, 0.15) is 0 Å². The summed E-state index contributed by atoms with van der Waals surface area (Å²) in [7, 11) is 1.89. The fourth-order valence-corrected chi connectivity index (χ4v) is 0.638. The summed E-state index contributed by atoms with van der Waals surface area (Å²) in [6.07, 6.45) is 2.28. The Morgan fingerprint density at radius 3 is 2.12 bits per heavy atom. The molecule has 0 aromatic carbocycles. The van der Waals surface area contributed by atoms with Crippen LogP contribution in [0.25, 0.3) is 0 Å². The van der Waals surface area contributed by atoms with Crippen molar-refractivity contribution in [2.75, 3.05) is 13.7 Å². The first-order valence-electron chi connectivity index (χ1n) is 2.63. The van der Waals surface area contributed by atoms with Gasteiger partial charge < -0.3 is 10.4 Å². The second-order valence-corrected chi connectivity index (χ2v) is 2.19.